The summed E-state index contributed by atoms with van der Waals surface area (Å²) in [5.74, 6) is -2.14. The number of hydrogen-bond donors (Lipinski definition) is 1. The lowest BCUT2D eigenvalue weighted by Crippen LogP contribution is -2.15. The smallest absolute Gasteiger partial charge is 0.200 e. The number of halogens is 3. The van der Waals surface area contributed by atoms with Gasteiger partial charge in [0.05, 0.1) is 12.7 Å². The van der Waals surface area contributed by atoms with E-state index in [0.29, 0.717) is 48.8 Å². The summed E-state index contributed by atoms with van der Waals surface area (Å²) >= 11 is 0. The Morgan fingerprint density at radius 1 is 0.931 bits per heavy atom. The Bertz CT molecular complexity index is 829. The minimum atomic E-state index is -0.932. The highest BCUT2D eigenvalue weighted by molar-refractivity contribution is 5.34. The van der Waals surface area contributed by atoms with Gasteiger partial charge in [0.2, 0.25) is 5.82 Å². The van der Waals surface area contributed by atoms with E-state index in [0.717, 1.165) is 6.42 Å². The number of ether oxygens (including phenoxy) is 1. The van der Waals surface area contributed by atoms with Crippen LogP contribution >= 0.6 is 0 Å². The van der Waals surface area contributed by atoms with E-state index in [-0.39, 0.29) is 30.0 Å². The van der Waals surface area contributed by atoms with Crippen molar-refractivity contribution in [3.63, 3.8) is 0 Å². The lowest BCUT2D eigenvalue weighted by Gasteiger charge is -2.30. The van der Waals surface area contributed by atoms with Crippen molar-refractivity contribution in [3.05, 3.63) is 64.5 Å². The van der Waals surface area contributed by atoms with E-state index in [9.17, 15) is 18.3 Å². The average molecular weight is 406 g/mol. The molecule has 1 N–H and O–H groups in total. The second kappa shape index (κ2) is 9.66. The summed E-state index contributed by atoms with van der Waals surface area (Å²) in [6.07, 6.45) is 3.57. The summed E-state index contributed by atoms with van der Waals surface area (Å²) < 4.78 is 48.5. The van der Waals surface area contributed by atoms with Gasteiger partial charge in [-0.15, -0.1) is 0 Å². The van der Waals surface area contributed by atoms with Crippen LogP contribution in [-0.2, 0) is 0 Å². The third-order valence-electron chi connectivity index (χ3n) is 5.95. The zero-order valence-electron chi connectivity index (χ0n) is 17.1. The maximum atomic E-state index is 14.7. The van der Waals surface area contributed by atoms with Crippen LogP contribution in [0.3, 0.4) is 0 Å². The van der Waals surface area contributed by atoms with Crippen molar-refractivity contribution in [1.82, 2.24) is 0 Å². The standard InChI is InChI=1S/C24H29F3O2/c1-3-5-21(28)17-10-11-18(20(25)14-17)15-6-8-16(9-7-15)19-12-13-22(29-4-2)24(27)23(19)26/h10-16,21,28H,3-9H2,1-2H3. The third kappa shape index (κ3) is 4.77. The monoisotopic (exact) mass is 406 g/mol. The van der Waals surface area contributed by atoms with E-state index in [2.05, 4.69) is 0 Å². The van der Waals surface area contributed by atoms with Crippen LogP contribution in [0.15, 0.2) is 30.3 Å². The lowest BCUT2D eigenvalue weighted by atomic mass is 9.75. The lowest BCUT2D eigenvalue weighted by molar-refractivity contribution is 0.166. The molecule has 0 aliphatic heterocycles. The van der Waals surface area contributed by atoms with E-state index in [4.69, 9.17) is 4.74 Å². The van der Waals surface area contributed by atoms with Gasteiger partial charge in [0, 0.05) is 0 Å². The van der Waals surface area contributed by atoms with Gasteiger partial charge in [0.15, 0.2) is 11.6 Å². The highest BCUT2D eigenvalue weighted by atomic mass is 19.2. The maximum Gasteiger partial charge on any atom is 0.200 e. The van der Waals surface area contributed by atoms with Crippen LogP contribution < -0.4 is 4.74 Å². The minimum Gasteiger partial charge on any atom is -0.491 e. The number of benzene rings is 2. The van der Waals surface area contributed by atoms with Crippen LogP contribution in [0.1, 0.15) is 87.0 Å². The first kappa shape index (κ1) is 21.7. The molecule has 0 heterocycles. The first-order valence-corrected chi connectivity index (χ1v) is 10.5. The quantitative estimate of drug-likeness (QED) is 0.549. The summed E-state index contributed by atoms with van der Waals surface area (Å²) in [5, 5.41) is 10.1. The van der Waals surface area contributed by atoms with Gasteiger partial charge >= 0.3 is 0 Å². The normalized spacial score (nSPS) is 20.5. The summed E-state index contributed by atoms with van der Waals surface area (Å²) in [5.41, 5.74) is 1.63. The van der Waals surface area contributed by atoms with Gasteiger partial charge in [-0.05, 0) is 79.7 Å². The topological polar surface area (TPSA) is 29.5 Å². The van der Waals surface area contributed by atoms with Crippen LogP contribution in [0.4, 0.5) is 13.2 Å². The fourth-order valence-corrected chi connectivity index (χ4v) is 4.37. The van der Waals surface area contributed by atoms with Gasteiger partial charge in [-0.3, -0.25) is 0 Å². The number of aliphatic hydroxyl groups is 1. The fraction of sp³-hybridized carbons (Fsp3) is 0.500. The molecule has 0 bridgehead atoms. The first-order valence-electron chi connectivity index (χ1n) is 10.5. The molecule has 1 aliphatic rings. The molecule has 1 saturated carbocycles. The van der Waals surface area contributed by atoms with E-state index in [1.165, 1.54) is 12.1 Å². The maximum absolute atomic E-state index is 14.7. The Labute approximate surface area is 170 Å². The molecule has 0 saturated heterocycles. The predicted octanol–water partition coefficient (Wildman–Crippen LogP) is 6.78. The van der Waals surface area contributed by atoms with Crippen LogP contribution in [-0.4, -0.2) is 11.7 Å². The average Bonchev–Trinajstić information content (AvgIpc) is 2.72. The van der Waals surface area contributed by atoms with E-state index in [1.54, 1.807) is 25.1 Å². The molecule has 2 aromatic rings. The second-order valence-corrected chi connectivity index (χ2v) is 7.85. The molecule has 1 aliphatic carbocycles. The molecule has 2 nitrogen and oxygen atoms in total. The molecule has 2 aromatic carbocycles. The molecule has 1 fully saturated rings. The Kier molecular flexibility index (Phi) is 7.23. The van der Waals surface area contributed by atoms with Gasteiger partial charge in [0.1, 0.15) is 5.82 Å². The molecular weight excluding hydrogens is 377 g/mol. The first-order chi connectivity index (χ1) is 14.0. The van der Waals surface area contributed by atoms with Crippen molar-refractivity contribution in [2.45, 2.75) is 70.3 Å². The van der Waals surface area contributed by atoms with Gasteiger partial charge in [-0.2, -0.15) is 4.39 Å². The molecule has 1 atom stereocenters. The highest BCUT2D eigenvalue weighted by Crippen LogP contribution is 2.43. The summed E-state index contributed by atoms with van der Waals surface area (Å²) in [6, 6.07) is 8.10. The fourth-order valence-electron chi connectivity index (χ4n) is 4.37. The van der Waals surface area contributed by atoms with Crippen LogP contribution in [0, 0.1) is 17.5 Å². The largest absolute Gasteiger partial charge is 0.491 e. The van der Waals surface area contributed by atoms with Crippen LogP contribution in [0.5, 0.6) is 5.75 Å². The molecule has 5 heteroatoms. The Balaban J connectivity index is 1.69. The van der Waals surface area contributed by atoms with E-state index >= 15 is 0 Å². The molecule has 158 valence electrons. The van der Waals surface area contributed by atoms with Crippen LogP contribution in [0.25, 0.3) is 0 Å². The molecular formula is C24H29F3O2. The molecule has 0 aromatic heterocycles. The molecule has 29 heavy (non-hydrogen) atoms. The Hall–Kier alpha value is -2.01. The van der Waals surface area contributed by atoms with Crippen molar-refractivity contribution >= 4 is 0 Å². The molecule has 1 unspecified atom stereocenters. The molecule has 0 radical (unpaired) electrons. The van der Waals surface area contributed by atoms with E-state index in [1.807, 2.05) is 6.92 Å². The minimum absolute atomic E-state index is 0.0548. The molecule has 3 rings (SSSR count). The zero-order valence-corrected chi connectivity index (χ0v) is 17.1. The summed E-state index contributed by atoms with van der Waals surface area (Å²) in [4.78, 5) is 0. The van der Waals surface area contributed by atoms with Gasteiger partial charge in [-0.1, -0.05) is 31.5 Å². The van der Waals surface area contributed by atoms with Gasteiger partial charge < -0.3 is 9.84 Å². The number of hydrogen-bond acceptors (Lipinski definition) is 2. The van der Waals surface area contributed by atoms with E-state index < -0.39 is 17.7 Å². The third-order valence-corrected chi connectivity index (χ3v) is 5.95. The Morgan fingerprint density at radius 2 is 1.55 bits per heavy atom. The molecule has 0 spiro atoms. The van der Waals surface area contributed by atoms with Crippen LogP contribution in [0.2, 0.25) is 0 Å². The van der Waals surface area contributed by atoms with Gasteiger partial charge in [0.25, 0.3) is 0 Å². The predicted molar refractivity (Wildman–Crippen MR) is 108 cm³/mol. The SMILES string of the molecule is CCCC(O)c1ccc(C2CCC(c3ccc(OCC)c(F)c3F)CC2)c(F)c1. The second-order valence-electron chi connectivity index (χ2n) is 7.85. The zero-order chi connectivity index (χ0) is 21.0. The number of rotatable bonds is 7. The Morgan fingerprint density at radius 3 is 2.14 bits per heavy atom. The molecule has 0 amide bonds. The summed E-state index contributed by atoms with van der Waals surface area (Å²) in [6.45, 7) is 3.98. The number of aliphatic hydroxyl groups excluding tert-OH is 1. The van der Waals surface area contributed by atoms with Crippen molar-refractivity contribution in [1.29, 1.82) is 0 Å². The summed E-state index contributed by atoms with van der Waals surface area (Å²) in [7, 11) is 0. The van der Waals surface area contributed by atoms with Gasteiger partial charge in [-0.25, -0.2) is 8.78 Å². The highest BCUT2D eigenvalue weighted by Gasteiger charge is 2.28. The van der Waals surface area contributed by atoms with Crippen molar-refractivity contribution in [3.8, 4) is 5.75 Å². The van der Waals surface area contributed by atoms with Crippen molar-refractivity contribution < 1.29 is 23.0 Å². The van der Waals surface area contributed by atoms with Crippen molar-refractivity contribution in [2.75, 3.05) is 6.61 Å². The van der Waals surface area contributed by atoms with Crippen molar-refractivity contribution in [2.24, 2.45) is 0 Å².